The fourth-order valence-electron chi connectivity index (χ4n) is 2.13. The van der Waals surface area contributed by atoms with E-state index in [1.54, 1.807) is 31.4 Å². The van der Waals surface area contributed by atoms with Crippen molar-refractivity contribution in [3.05, 3.63) is 65.7 Å². The first-order valence-electron chi connectivity index (χ1n) is 7.71. The molecule has 0 heterocycles. The van der Waals surface area contributed by atoms with E-state index < -0.39 is 0 Å². The van der Waals surface area contributed by atoms with E-state index in [1.165, 1.54) is 5.56 Å². The van der Waals surface area contributed by atoms with Gasteiger partial charge in [0.05, 0.1) is 7.11 Å². The normalized spacial score (nSPS) is 9.88. The van der Waals surface area contributed by atoms with Gasteiger partial charge in [-0.3, -0.25) is 15.6 Å². The number of nitrogens with one attached hydrogen (secondary N) is 3. The molecule has 126 valence electrons. The zero-order valence-electron chi connectivity index (χ0n) is 13.5. The van der Waals surface area contributed by atoms with Gasteiger partial charge in [0.25, 0.3) is 5.91 Å². The molecule has 0 saturated heterocycles. The molecule has 0 bridgehead atoms. The third-order valence-corrected chi connectivity index (χ3v) is 3.64. The lowest BCUT2D eigenvalue weighted by molar-refractivity contribution is 0.0943. The second-order valence-electron chi connectivity index (χ2n) is 5.16. The van der Waals surface area contributed by atoms with Crippen molar-refractivity contribution in [1.82, 2.24) is 16.2 Å². The van der Waals surface area contributed by atoms with Gasteiger partial charge in [0.15, 0.2) is 5.11 Å². The average Bonchev–Trinajstić information content (AvgIpc) is 2.64. The number of benzene rings is 2. The predicted octanol–water partition coefficient (Wildman–Crippen LogP) is 2.44. The lowest BCUT2D eigenvalue weighted by Gasteiger charge is -2.12. The van der Waals surface area contributed by atoms with Crippen LogP contribution in [0.2, 0.25) is 0 Å². The van der Waals surface area contributed by atoms with Crippen LogP contribution in [0.3, 0.4) is 0 Å². The summed E-state index contributed by atoms with van der Waals surface area (Å²) < 4.78 is 5.09. The molecule has 5 nitrogen and oxygen atoms in total. The number of hydrogen-bond donors (Lipinski definition) is 3. The summed E-state index contributed by atoms with van der Waals surface area (Å²) in [5.41, 5.74) is 7.05. The summed E-state index contributed by atoms with van der Waals surface area (Å²) in [6, 6.07) is 17.2. The number of ether oxygens (including phenoxy) is 1. The molecule has 0 unspecified atom stereocenters. The average molecular weight is 343 g/mol. The number of aryl methyl sites for hydroxylation is 1. The molecule has 0 aliphatic heterocycles. The summed E-state index contributed by atoms with van der Waals surface area (Å²) in [4.78, 5) is 12.0. The van der Waals surface area contributed by atoms with Crippen molar-refractivity contribution in [2.24, 2.45) is 0 Å². The minimum Gasteiger partial charge on any atom is -0.497 e. The Hall–Kier alpha value is -2.60. The van der Waals surface area contributed by atoms with Crippen molar-refractivity contribution >= 4 is 23.2 Å². The smallest absolute Gasteiger partial charge is 0.269 e. The fourth-order valence-corrected chi connectivity index (χ4v) is 2.29. The van der Waals surface area contributed by atoms with E-state index in [9.17, 15) is 4.79 Å². The van der Waals surface area contributed by atoms with E-state index in [0.29, 0.717) is 16.4 Å². The molecular weight excluding hydrogens is 322 g/mol. The highest BCUT2D eigenvalue weighted by atomic mass is 32.1. The van der Waals surface area contributed by atoms with Gasteiger partial charge >= 0.3 is 0 Å². The first-order valence-corrected chi connectivity index (χ1v) is 8.12. The number of rotatable bonds is 6. The minimum atomic E-state index is -0.276. The van der Waals surface area contributed by atoms with E-state index in [1.807, 2.05) is 18.2 Å². The van der Waals surface area contributed by atoms with Crippen LogP contribution in [0.4, 0.5) is 0 Å². The van der Waals surface area contributed by atoms with Gasteiger partial charge in [0, 0.05) is 12.1 Å². The highest BCUT2D eigenvalue weighted by molar-refractivity contribution is 7.80. The number of hydrogen-bond acceptors (Lipinski definition) is 3. The number of thiocarbonyl (C=S) groups is 1. The standard InChI is InChI=1S/C18H21N3O2S/c1-23-16-11-5-10-15(13-16)17(22)20-21-18(24)19-12-6-9-14-7-3-2-4-8-14/h2-5,7-8,10-11,13H,6,9,12H2,1H3,(H,20,22)(H2,19,21,24). The lowest BCUT2D eigenvalue weighted by Crippen LogP contribution is -2.47. The van der Waals surface area contributed by atoms with Crippen LogP contribution >= 0.6 is 12.2 Å². The van der Waals surface area contributed by atoms with Crippen molar-refractivity contribution in [2.45, 2.75) is 12.8 Å². The number of hydrazine groups is 1. The Morgan fingerprint density at radius 2 is 1.88 bits per heavy atom. The Morgan fingerprint density at radius 3 is 2.62 bits per heavy atom. The van der Waals surface area contributed by atoms with Crippen molar-refractivity contribution in [3.63, 3.8) is 0 Å². The SMILES string of the molecule is COc1cccc(C(=O)NNC(=S)NCCCc2ccccc2)c1. The molecule has 0 radical (unpaired) electrons. The van der Waals surface area contributed by atoms with Gasteiger partial charge in [-0.2, -0.15) is 0 Å². The molecule has 0 aliphatic carbocycles. The molecule has 2 aromatic rings. The first kappa shape index (κ1) is 17.7. The fraction of sp³-hybridized carbons (Fsp3) is 0.222. The Labute approximate surface area is 147 Å². The molecule has 2 aromatic carbocycles. The predicted molar refractivity (Wildman–Crippen MR) is 99.0 cm³/mol. The van der Waals surface area contributed by atoms with Crippen LogP contribution in [0.1, 0.15) is 22.3 Å². The summed E-state index contributed by atoms with van der Waals surface area (Å²) >= 11 is 5.14. The number of carbonyl (C=O) groups excluding carboxylic acids is 1. The van der Waals surface area contributed by atoms with E-state index in [2.05, 4.69) is 28.3 Å². The molecule has 2 rings (SSSR count). The molecule has 1 amide bonds. The summed E-state index contributed by atoms with van der Waals surface area (Å²) in [5, 5.41) is 3.45. The molecule has 0 fully saturated rings. The van der Waals surface area contributed by atoms with Crippen LogP contribution < -0.4 is 20.9 Å². The number of amides is 1. The van der Waals surface area contributed by atoms with Gasteiger partial charge in [0.2, 0.25) is 0 Å². The monoisotopic (exact) mass is 343 g/mol. The zero-order chi connectivity index (χ0) is 17.2. The summed E-state index contributed by atoms with van der Waals surface area (Å²) in [6.45, 7) is 0.732. The van der Waals surface area contributed by atoms with Crippen LogP contribution in [0.5, 0.6) is 5.75 Å². The van der Waals surface area contributed by atoms with E-state index in [0.717, 1.165) is 19.4 Å². The Bertz CT molecular complexity index is 677. The van der Waals surface area contributed by atoms with Crippen molar-refractivity contribution in [2.75, 3.05) is 13.7 Å². The Morgan fingerprint density at radius 1 is 1.08 bits per heavy atom. The molecule has 0 spiro atoms. The molecule has 0 aliphatic rings. The van der Waals surface area contributed by atoms with Crippen LogP contribution in [0.15, 0.2) is 54.6 Å². The van der Waals surface area contributed by atoms with Crippen LogP contribution in [0.25, 0.3) is 0 Å². The van der Waals surface area contributed by atoms with Gasteiger partial charge < -0.3 is 10.1 Å². The maximum Gasteiger partial charge on any atom is 0.269 e. The van der Waals surface area contributed by atoms with Crippen molar-refractivity contribution in [1.29, 1.82) is 0 Å². The highest BCUT2D eigenvalue weighted by Gasteiger charge is 2.06. The molecule has 6 heteroatoms. The molecule has 0 saturated carbocycles. The highest BCUT2D eigenvalue weighted by Crippen LogP contribution is 2.11. The summed E-state index contributed by atoms with van der Waals surface area (Å²) in [5.74, 6) is 0.353. The topological polar surface area (TPSA) is 62.4 Å². The molecular formula is C18H21N3O2S. The van der Waals surface area contributed by atoms with Gasteiger partial charge in [-0.05, 0) is 48.8 Å². The van der Waals surface area contributed by atoms with Gasteiger partial charge in [-0.25, -0.2) is 0 Å². The number of carbonyl (C=O) groups is 1. The van der Waals surface area contributed by atoms with Crippen LogP contribution in [-0.2, 0) is 6.42 Å². The third kappa shape index (κ3) is 5.89. The maximum absolute atomic E-state index is 12.0. The van der Waals surface area contributed by atoms with Gasteiger partial charge in [0.1, 0.15) is 5.75 Å². The van der Waals surface area contributed by atoms with E-state index in [4.69, 9.17) is 17.0 Å². The zero-order valence-corrected chi connectivity index (χ0v) is 14.4. The Balaban J connectivity index is 1.66. The second-order valence-corrected chi connectivity index (χ2v) is 5.56. The number of methoxy groups -OCH3 is 1. The second kappa shape index (κ2) is 9.52. The first-order chi connectivity index (χ1) is 11.7. The quantitative estimate of drug-likeness (QED) is 0.427. The molecule has 24 heavy (non-hydrogen) atoms. The summed E-state index contributed by atoms with van der Waals surface area (Å²) in [6.07, 6.45) is 1.93. The van der Waals surface area contributed by atoms with Crippen molar-refractivity contribution in [3.8, 4) is 5.75 Å². The maximum atomic E-state index is 12.0. The molecule has 3 N–H and O–H groups in total. The molecule has 0 aromatic heterocycles. The van der Waals surface area contributed by atoms with Gasteiger partial charge in [-0.1, -0.05) is 36.4 Å². The minimum absolute atomic E-state index is 0.276. The largest absolute Gasteiger partial charge is 0.497 e. The van der Waals surface area contributed by atoms with Crippen LogP contribution in [0, 0.1) is 0 Å². The van der Waals surface area contributed by atoms with Crippen LogP contribution in [-0.4, -0.2) is 24.7 Å². The third-order valence-electron chi connectivity index (χ3n) is 3.39. The van der Waals surface area contributed by atoms with E-state index in [-0.39, 0.29) is 5.91 Å². The van der Waals surface area contributed by atoms with Gasteiger partial charge in [-0.15, -0.1) is 0 Å². The van der Waals surface area contributed by atoms with E-state index >= 15 is 0 Å². The Kier molecular flexibility index (Phi) is 7.04. The lowest BCUT2D eigenvalue weighted by atomic mass is 10.1. The molecule has 0 atom stereocenters. The van der Waals surface area contributed by atoms with Crippen molar-refractivity contribution < 1.29 is 9.53 Å². The summed E-state index contributed by atoms with van der Waals surface area (Å²) in [7, 11) is 1.56.